The van der Waals surface area contributed by atoms with Crippen molar-refractivity contribution in [3.05, 3.63) is 0 Å². The number of unbranched alkanes of at least 4 members (excludes halogenated alkanes) is 23. The van der Waals surface area contributed by atoms with E-state index in [2.05, 4.69) is 13.8 Å². The molecule has 48 heavy (non-hydrogen) atoms. The molecule has 0 bridgehead atoms. The van der Waals surface area contributed by atoms with E-state index in [-0.39, 0.29) is 19.2 Å². The number of hydrogen-bond acceptors (Lipinski definition) is 9. The van der Waals surface area contributed by atoms with Gasteiger partial charge >= 0.3 is 5.97 Å². The van der Waals surface area contributed by atoms with Gasteiger partial charge in [0.2, 0.25) is 0 Å². The first-order valence-corrected chi connectivity index (χ1v) is 20.1. The molecular weight excluding hydrogens is 612 g/mol. The van der Waals surface area contributed by atoms with Gasteiger partial charge in [-0.3, -0.25) is 4.79 Å². The van der Waals surface area contributed by atoms with Crippen LogP contribution in [-0.2, 0) is 23.7 Å². The smallest absolute Gasteiger partial charge is 0.306 e. The van der Waals surface area contributed by atoms with E-state index >= 15 is 0 Å². The highest BCUT2D eigenvalue weighted by molar-refractivity contribution is 5.69. The molecule has 6 atom stereocenters. The van der Waals surface area contributed by atoms with Crippen LogP contribution < -0.4 is 0 Å². The zero-order chi connectivity index (χ0) is 35.1. The highest BCUT2D eigenvalue weighted by atomic mass is 16.7. The van der Waals surface area contributed by atoms with Gasteiger partial charge in [0.15, 0.2) is 6.29 Å². The van der Waals surface area contributed by atoms with Gasteiger partial charge in [-0.1, -0.05) is 162 Å². The summed E-state index contributed by atoms with van der Waals surface area (Å²) in [7, 11) is 0. The van der Waals surface area contributed by atoms with Crippen molar-refractivity contribution in [3.8, 4) is 0 Å². The minimum atomic E-state index is -1.53. The number of aliphatic hydroxyl groups excluding tert-OH is 4. The van der Waals surface area contributed by atoms with Crippen LogP contribution in [0.5, 0.6) is 0 Å². The van der Waals surface area contributed by atoms with Crippen LogP contribution in [0.4, 0.5) is 0 Å². The topological polar surface area (TPSA) is 135 Å². The molecule has 0 saturated carbocycles. The van der Waals surface area contributed by atoms with Crippen LogP contribution in [-0.4, -0.2) is 89.6 Å². The molecule has 0 amide bonds. The summed E-state index contributed by atoms with van der Waals surface area (Å²) >= 11 is 0. The maximum Gasteiger partial charge on any atom is 0.306 e. The molecule has 1 rings (SSSR count). The summed E-state index contributed by atoms with van der Waals surface area (Å²) in [5.41, 5.74) is 0. The zero-order valence-electron chi connectivity index (χ0n) is 31.0. The minimum absolute atomic E-state index is 0.106. The van der Waals surface area contributed by atoms with E-state index in [1.54, 1.807) is 0 Å². The molecule has 1 aliphatic heterocycles. The molecule has 0 spiro atoms. The van der Waals surface area contributed by atoms with Gasteiger partial charge < -0.3 is 39.4 Å². The number of ether oxygens (including phenoxy) is 4. The Morgan fingerprint density at radius 2 is 1.02 bits per heavy atom. The van der Waals surface area contributed by atoms with Crippen LogP contribution in [0.15, 0.2) is 0 Å². The predicted octanol–water partition coefficient (Wildman–Crippen LogP) is 7.91. The fourth-order valence-electron chi connectivity index (χ4n) is 6.32. The molecule has 0 aromatic carbocycles. The van der Waals surface area contributed by atoms with Gasteiger partial charge in [-0.25, -0.2) is 0 Å². The number of hydrogen-bond donors (Lipinski definition) is 4. The summed E-state index contributed by atoms with van der Waals surface area (Å²) in [6, 6.07) is 0. The molecule has 0 radical (unpaired) electrons. The Bertz CT molecular complexity index is 707. The maximum absolute atomic E-state index is 12.7. The van der Waals surface area contributed by atoms with Crippen molar-refractivity contribution in [3.63, 3.8) is 0 Å². The number of rotatable bonds is 34. The van der Waals surface area contributed by atoms with Crippen LogP contribution >= 0.6 is 0 Å². The van der Waals surface area contributed by atoms with Crippen molar-refractivity contribution >= 4 is 5.97 Å². The largest absolute Gasteiger partial charge is 0.457 e. The van der Waals surface area contributed by atoms with Crippen molar-refractivity contribution in [1.29, 1.82) is 0 Å². The summed E-state index contributed by atoms with van der Waals surface area (Å²) in [4.78, 5) is 12.7. The fraction of sp³-hybridized carbons (Fsp3) is 0.974. The monoisotopic (exact) mass is 689 g/mol. The van der Waals surface area contributed by atoms with Crippen molar-refractivity contribution in [1.82, 2.24) is 0 Å². The summed E-state index contributed by atoms with van der Waals surface area (Å²) < 4.78 is 22.7. The Labute approximate surface area is 293 Å². The lowest BCUT2D eigenvalue weighted by molar-refractivity contribution is -0.305. The molecule has 9 heteroatoms. The zero-order valence-corrected chi connectivity index (χ0v) is 31.0. The molecule has 286 valence electrons. The minimum Gasteiger partial charge on any atom is -0.457 e. The van der Waals surface area contributed by atoms with Crippen LogP contribution in [0.3, 0.4) is 0 Å². The van der Waals surface area contributed by atoms with Gasteiger partial charge in [-0.05, 0) is 12.8 Å². The highest BCUT2D eigenvalue weighted by Crippen LogP contribution is 2.22. The molecule has 4 N–H and O–H groups in total. The van der Waals surface area contributed by atoms with E-state index in [1.807, 2.05) is 0 Å². The van der Waals surface area contributed by atoms with E-state index in [4.69, 9.17) is 18.9 Å². The standard InChI is InChI=1S/C39H76O9/c1-3-5-7-9-11-13-14-15-16-17-18-19-20-22-24-26-28-35(41)47-33(31-45-29-27-25-23-21-12-10-8-6-4-2)32-46-39-38(44)37(43)36(42)34(30-40)48-39/h33-34,36-40,42-44H,3-32H2,1-2H3. The quantitative estimate of drug-likeness (QED) is 0.0393. The molecular formula is C39H76O9. The van der Waals surface area contributed by atoms with Crippen LogP contribution in [0.25, 0.3) is 0 Å². The molecule has 1 saturated heterocycles. The lowest BCUT2D eigenvalue weighted by Gasteiger charge is -2.39. The van der Waals surface area contributed by atoms with Gasteiger partial charge in [-0.2, -0.15) is 0 Å². The van der Waals surface area contributed by atoms with Gasteiger partial charge in [0.05, 0.1) is 19.8 Å². The first kappa shape index (κ1) is 45.2. The van der Waals surface area contributed by atoms with Crippen molar-refractivity contribution < 1.29 is 44.2 Å². The molecule has 0 aliphatic carbocycles. The first-order chi connectivity index (χ1) is 23.4. The van der Waals surface area contributed by atoms with Gasteiger partial charge in [-0.15, -0.1) is 0 Å². The van der Waals surface area contributed by atoms with Gasteiger partial charge in [0.25, 0.3) is 0 Å². The Morgan fingerprint density at radius 1 is 0.583 bits per heavy atom. The Balaban J connectivity index is 2.27. The number of esters is 1. The highest BCUT2D eigenvalue weighted by Gasteiger charge is 2.44. The molecule has 0 aromatic rings. The summed E-state index contributed by atoms with van der Waals surface area (Å²) in [6.07, 6.45) is 24.1. The summed E-state index contributed by atoms with van der Waals surface area (Å²) in [5, 5.41) is 39.9. The first-order valence-electron chi connectivity index (χ1n) is 20.1. The Morgan fingerprint density at radius 3 is 1.48 bits per heavy atom. The van der Waals surface area contributed by atoms with Crippen LogP contribution in [0.2, 0.25) is 0 Å². The third-order valence-electron chi connectivity index (χ3n) is 9.52. The van der Waals surface area contributed by atoms with Gasteiger partial charge in [0, 0.05) is 13.0 Å². The lowest BCUT2D eigenvalue weighted by atomic mass is 9.99. The summed E-state index contributed by atoms with van der Waals surface area (Å²) in [6.45, 7) is 4.56. The number of carbonyl (C=O) groups is 1. The molecule has 0 aromatic heterocycles. The second-order valence-electron chi connectivity index (χ2n) is 14.1. The molecule has 1 fully saturated rings. The van der Waals surface area contributed by atoms with Crippen LogP contribution in [0, 0.1) is 0 Å². The van der Waals surface area contributed by atoms with Crippen molar-refractivity contribution in [2.75, 3.05) is 26.4 Å². The third-order valence-corrected chi connectivity index (χ3v) is 9.52. The predicted molar refractivity (Wildman–Crippen MR) is 192 cm³/mol. The molecule has 1 heterocycles. The number of carbonyl (C=O) groups excluding carboxylic acids is 1. The lowest BCUT2D eigenvalue weighted by Crippen LogP contribution is -2.59. The Hall–Kier alpha value is -0.810. The molecule has 9 nitrogen and oxygen atoms in total. The fourth-order valence-corrected chi connectivity index (χ4v) is 6.32. The van der Waals surface area contributed by atoms with E-state index < -0.39 is 43.4 Å². The van der Waals surface area contributed by atoms with Crippen LogP contribution in [0.1, 0.15) is 181 Å². The molecule has 1 aliphatic rings. The van der Waals surface area contributed by atoms with Crippen molar-refractivity contribution in [2.45, 2.75) is 218 Å². The van der Waals surface area contributed by atoms with E-state index in [0.29, 0.717) is 13.0 Å². The second kappa shape index (κ2) is 32.1. The van der Waals surface area contributed by atoms with E-state index in [9.17, 15) is 25.2 Å². The van der Waals surface area contributed by atoms with E-state index in [0.717, 1.165) is 32.1 Å². The third kappa shape index (κ3) is 23.6. The average Bonchev–Trinajstić information content (AvgIpc) is 3.08. The van der Waals surface area contributed by atoms with Crippen molar-refractivity contribution in [2.24, 2.45) is 0 Å². The average molecular weight is 689 g/mol. The van der Waals surface area contributed by atoms with Gasteiger partial charge in [0.1, 0.15) is 30.5 Å². The Kier molecular flexibility index (Phi) is 30.3. The number of aliphatic hydroxyl groups is 4. The summed E-state index contributed by atoms with van der Waals surface area (Å²) in [5.74, 6) is -0.311. The van der Waals surface area contributed by atoms with E-state index in [1.165, 1.54) is 128 Å². The maximum atomic E-state index is 12.7. The SMILES string of the molecule is CCCCCCCCCCCCCCCCCCC(=O)OC(COCCCCCCCCCCC)COC1OC(CO)C(O)C(O)C1O. The normalized spacial score (nSPS) is 21.8. The molecule has 6 unspecified atom stereocenters. The second-order valence-corrected chi connectivity index (χ2v) is 14.1.